The van der Waals surface area contributed by atoms with Crippen molar-refractivity contribution >= 4 is 49.8 Å². The highest BCUT2D eigenvalue weighted by molar-refractivity contribution is 7.90. The summed E-state index contributed by atoms with van der Waals surface area (Å²) in [5.74, 6) is -1.48. The second-order valence-electron chi connectivity index (χ2n) is 7.02. The van der Waals surface area contributed by atoms with Crippen LogP contribution < -0.4 is 5.32 Å². The molecule has 1 aromatic heterocycles. The quantitative estimate of drug-likeness (QED) is 0.460. The lowest BCUT2D eigenvalue weighted by Crippen LogP contribution is -2.21. The van der Waals surface area contributed by atoms with E-state index in [1.165, 1.54) is 29.0 Å². The van der Waals surface area contributed by atoms with Gasteiger partial charge in [-0.05, 0) is 30.2 Å². The maximum atomic E-state index is 12.3. The molecule has 0 radical (unpaired) electrons. The monoisotopic (exact) mass is 492 g/mol. The van der Waals surface area contributed by atoms with E-state index >= 15 is 0 Å². The van der Waals surface area contributed by atoms with Crippen molar-refractivity contribution in [3.05, 3.63) is 64.0 Å². The molecule has 0 fully saturated rings. The summed E-state index contributed by atoms with van der Waals surface area (Å²) in [6, 6.07) is 11.8. The Morgan fingerprint density at radius 2 is 1.88 bits per heavy atom. The molecule has 10 heteroatoms. The molecule has 0 saturated carbocycles. The van der Waals surface area contributed by atoms with Crippen molar-refractivity contribution in [3.63, 3.8) is 0 Å². The third kappa shape index (κ3) is 6.15. The van der Waals surface area contributed by atoms with Crippen LogP contribution in [0.3, 0.4) is 0 Å². The molecule has 0 unspecified atom stereocenters. The Balaban J connectivity index is 1.59. The number of amides is 1. The van der Waals surface area contributed by atoms with Gasteiger partial charge in [0.05, 0.1) is 21.2 Å². The molecule has 1 heterocycles. The zero-order chi connectivity index (χ0) is 23.3. The molecule has 1 N–H and O–H groups in total. The lowest BCUT2D eigenvalue weighted by molar-refractivity contribution is -0.119. The number of carbonyl (C=O) groups is 2. The first-order chi connectivity index (χ1) is 15.2. The number of halogens is 1. The summed E-state index contributed by atoms with van der Waals surface area (Å²) in [5.41, 5.74) is 2.79. The number of aryl methyl sites for hydroxylation is 1. The van der Waals surface area contributed by atoms with Gasteiger partial charge in [0.15, 0.2) is 21.6 Å². The highest BCUT2D eigenvalue weighted by Crippen LogP contribution is 2.25. The second-order valence-corrected chi connectivity index (χ2v) is 10.3. The minimum Gasteiger partial charge on any atom is -0.452 e. The van der Waals surface area contributed by atoms with Gasteiger partial charge in [-0.3, -0.25) is 10.1 Å². The van der Waals surface area contributed by atoms with Gasteiger partial charge in [0.2, 0.25) is 0 Å². The third-order valence-electron chi connectivity index (χ3n) is 4.46. The van der Waals surface area contributed by atoms with E-state index in [9.17, 15) is 18.0 Å². The van der Waals surface area contributed by atoms with E-state index in [-0.39, 0.29) is 15.5 Å². The minimum atomic E-state index is -3.53. The molecule has 0 spiro atoms. The molecular formula is C22H21ClN2O5S2. The van der Waals surface area contributed by atoms with Gasteiger partial charge < -0.3 is 4.74 Å². The van der Waals surface area contributed by atoms with Gasteiger partial charge in [0, 0.05) is 17.2 Å². The topological polar surface area (TPSA) is 102 Å². The van der Waals surface area contributed by atoms with E-state index in [4.69, 9.17) is 16.3 Å². The number of hydrogen-bond acceptors (Lipinski definition) is 7. The van der Waals surface area contributed by atoms with Crippen LogP contribution in [-0.4, -0.2) is 38.1 Å². The number of aromatic nitrogens is 1. The van der Waals surface area contributed by atoms with Crippen molar-refractivity contribution < 1.29 is 22.7 Å². The fraction of sp³-hybridized carbons (Fsp3) is 0.227. The Morgan fingerprint density at radius 3 is 2.53 bits per heavy atom. The zero-order valence-corrected chi connectivity index (χ0v) is 19.8. The smallest absolute Gasteiger partial charge is 0.340 e. The second kappa shape index (κ2) is 10.2. The van der Waals surface area contributed by atoms with Crippen LogP contribution in [0.25, 0.3) is 11.3 Å². The van der Waals surface area contributed by atoms with Gasteiger partial charge in [0.1, 0.15) is 0 Å². The van der Waals surface area contributed by atoms with Crippen LogP contribution in [0.5, 0.6) is 0 Å². The first-order valence-corrected chi connectivity index (χ1v) is 12.8. The van der Waals surface area contributed by atoms with Crippen LogP contribution in [0.2, 0.25) is 5.02 Å². The Hall–Kier alpha value is -2.75. The average molecular weight is 493 g/mol. The molecule has 7 nitrogen and oxygen atoms in total. The minimum absolute atomic E-state index is 0.0253. The number of rotatable bonds is 8. The van der Waals surface area contributed by atoms with Crippen molar-refractivity contribution in [2.45, 2.75) is 24.7 Å². The van der Waals surface area contributed by atoms with Gasteiger partial charge in [-0.2, -0.15) is 0 Å². The van der Waals surface area contributed by atoms with Gasteiger partial charge in [-0.25, -0.2) is 18.2 Å². The predicted octanol–water partition coefficient (Wildman–Crippen LogP) is 4.62. The SMILES string of the molecule is CCCc1ccc(-c2csc(NC(=O)COC(=O)c3cc(S(C)(=O)=O)ccc3Cl)n2)cc1. The molecule has 0 aliphatic rings. The normalized spacial score (nSPS) is 11.2. The van der Waals surface area contributed by atoms with E-state index in [0.29, 0.717) is 5.13 Å². The van der Waals surface area contributed by atoms with Crippen LogP contribution in [0.15, 0.2) is 52.7 Å². The summed E-state index contributed by atoms with van der Waals surface area (Å²) in [5, 5.41) is 4.81. The summed E-state index contributed by atoms with van der Waals surface area (Å²) in [7, 11) is -3.53. The Morgan fingerprint density at radius 1 is 1.16 bits per heavy atom. The average Bonchev–Trinajstić information content (AvgIpc) is 3.20. The Bertz CT molecular complexity index is 1240. The van der Waals surface area contributed by atoms with Crippen LogP contribution in [0.4, 0.5) is 5.13 Å². The summed E-state index contributed by atoms with van der Waals surface area (Å²) < 4.78 is 28.3. The third-order valence-corrected chi connectivity index (χ3v) is 6.66. The first kappa shape index (κ1) is 23.9. The molecule has 0 bridgehead atoms. The van der Waals surface area contributed by atoms with E-state index < -0.39 is 28.3 Å². The lowest BCUT2D eigenvalue weighted by Gasteiger charge is -2.07. The number of hydrogen-bond donors (Lipinski definition) is 1. The molecule has 1 amide bonds. The summed E-state index contributed by atoms with van der Waals surface area (Å²) in [6.07, 6.45) is 3.11. The molecule has 0 aliphatic heterocycles. The number of benzene rings is 2. The molecule has 0 aliphatic carbocycles. The van der Waals surface area contributed by atoms with Crippen molar-refractivity contribution in [1.29, 1.82) is 0 Å². The number of anilines is 1. The summed E-state index contributed by atoms with van der Waals surface area (Å²) >= 11 is 7.22. The van der Waals surface area contributed by atoms with Gasteiger partial charge in [-0.1, -0.05) is 49.2 Å². The summed E-state index contributed by atoms with van der Waals surface area (Å²) in [4.78, 5) is 28.8. The van der Waals surface area contributed by atoms with E-state index in [1.54, 1.807) is 0 Å². The molecule has 32 heavy (non-hydrogen) atoms. The van der Waals surface area contributed by atoms with Crippen molar-refractivity contribution in [2.75, 3.05) is 18.2 Å². The molecule has 3 rings (SSSR count). The molecule has 0 atom stereocenters. The van der Waals surface area contributed by atoms with Crippen molar-refractivity contribution in [3.8, 4) is 11.3 Å². The number of ether oxygens (including phenoxy) is 1. The maximum Gasteiger partial charge on any atom is 0.340 e. The lowest BCUT2D eigenvalue weighted by atomic mass is 10.1. The Kier molecular flexibility index (Phi) is 7.65. The molecule has 168 valence electrons. The van der Waals surface area contributed by atoms with Crippen LogP contribution in [0, 0.1) is 0 Å². The standard InChI is InChI=1S/C22H21ClN2O5S2/c1-3-4-14-5-7-15(8-6-14)19-13-31-22(24-19)25-20(26)12-30-21(27)17-11-16(32(2,28)29)9-10-18(17)23/h5-11,13H,3-4,12H2,1-2H3,(H,24,25,26). The fourth-order valence-electron chi connectivity index (χ4n) is 2.85. The fourth-order valence-corrected chi connectivity index (χ4v) is 4.43. The van der Waals surface area contributed by atoms with E-state index in [1.807, 2.05) is 17.5 Å². The number of sulfone groups is 1. The molecule has 3 aromatic rings. The predicted molar refractivity (Wildman–Crippen MR) is 125 cm³/mol. The molecular weight excluding hydrogens is 472 g/mol. The number of nitrogens with one attached hydrogen (secondary N) is 1. The number of esters is 1. The summed E-state index contributed by atoms with van der Waals surface area (Å²) in [6.45, 7) is 1.56. The number of thiazole rings is 1. The van der Waals surface area contributed by atoms with Crippen molar-refractivity contribution in [1.82, 2.24) is 4.98 Å². The van der Waals surface area contributed by atoms with Gasteiger partial charge >= 0.3 is 5.97 Å². The highest BCUT2D eigenvalue weighted by atomic mass is 35.5. The first-order valence-electron chi connectivity index (χ1n) is 9.69. The van der Waals surface area contributed by atoms with Crippen LogP contribution >= 0.6 is 22.9 Å². The van der Waals surface area contributed by atoms with Crippen molar-refractivity contribution in [2.24, 2.45) is 0 Å². The van der Waals surface area contributed by atoms with Gasteiger partial charge in [-0.15, -0.1) is 11.3 Å². The number of carbonyl (C=O) groups excluding carboxylic acids is 2. The van der Waals surface area contributed by atoms with E-state index in [0.717, 1.165) is 36.4 Å². The van der Waals surface area contributed by atoms with E-state index in [2.05, 4.69) is 29.4 Å². The van der Waals surface area contributed by atoms with Crippen LogP contribution in [-0.2, 0) is 25.8 Å². The largest absolute Gasteiger partial charge is 0.452 e. The maximum absolute atomic E-state index is 12.3. The zero-order valence-electron chi connectivity index (χ0n) is 17.4. The Labute approximate surface area is 195 Å². The van der Waals surface area contributed by atoms with Gasteiger partial charge in [0.25, 0.3) is 5.91 Å². The molecule has 0 saturated heterocycles. The molecule has 2 aromatic carbocycles. The highest BCUT2D eigenvalue weighted by Gasteiger charge is 2.18. The van der Waals surface area contributed by atoms with Crippen LogP contribution in [0.1, 0.15) is 29.3 Å². The number of nitrogens with zero attached hydrogens (tertiary/aromatic N) is 1.